The van der Waals surface area contributed by atoms with E-state index in [1.807, 2.05) is 19.0 Å². The maximum Gasteiger partial charge on any atom is 0.204 e. The van der Waals surface area contributed by atoms with Crippen molar-refractivity contribution in [2.45, 2.75) is 0 Å². The SMILES string of the molecule is COc1cc(/C=C(/Cl)C(=O)c2ccc(N)c(N(C)C)c2)c(OC)c(OC)c1. The van der Waals surface area contributed by atoms with Gasteiger partial charge in [-0.05, 0) is 30.3 Å². The van der Waals surface area contributed by atoms with Gasteiger partial charge < -0.3 is 24.8 Å². The van der Waals surface area contributed by atoms with Crippen LogP contribution in [0.4, 0.5) is 11.4 Å². The number of Topliss-reactive ketones (excluding diaryl/α,β-unsaturated/α-hetero) is 1. The molecule has 2 aromatic rings. The number of hydrogen-bond donors (Lipinski definition) is 1. The van der Waals surface area contributed by atoms with Gasteiger partial charge in [0.25, 0.3) is 0 Å². The number of nitrogens with zero attached hydrogens (tertiary/aromatic N) is 1. The molecule has 0 aliphatic rings. The number of halogens is 1. The van der Waals surface area contributed by atoms with Gasteiger partial charge in [0.2, 0.25) is 5.78 Å². The Labute approximate surface area is 164 Å². The molecule has 0 saturated heterocycles. The van der Waals surface area contributed by atoms with Crippen molar-refractivity contribution < 1.29 is 19.0 Å². The van der Waals surface area contributed by atoms with Crippen molar-refractivity contribution in [1.29, 1.82) is 0 Å². The van der Waals surface area contributed by atoms with Crippen LogP contribution >= 0.6 is 11.6 Å². The maximum absolute atomic E-state index is 12.8. The summed E-state index contributed by atoms with van der Waals surface area (Å²) in [5, 5.41) is 0.0260. The van der Waals surface area contributed by atoms with Gasteiger partial charge >= 0.3 is 0 Å². The van der Waals surface area contributed by atoms with Crippen molar-refractivity contribution >= 4 is 34.8 Å². The quantitative estimate of drug-likeness (QED) is 0.440. The Morgan fingerprint density at radius 2 is 1.78 bits per heavy atom. The number of rotatable bonds is 7. The Hall–Kier alpha value is -2.86. The van der Waals surface area contributed by atoms with Crippen LogP contribution in [0.25, 0.3) is 6.08 Å². The molecule has 0 saturated carbocycles. The minimum atomic E-state index is -0.330. The standard InChI is InChI=1S/C20H23ClN2O4/c1-23(2)17-10-12(6-7-16(17)22)19(24)15(21)9-13-8-14(25-3)11-18(26-4)20(13)27-5/h6-11H,22H2,1-5H3/b15-9+. The minimum absolute atomic E-state index is 0.0260. The third-order valence-electron chi connectivity index (χ3n) is 3.99. The Bertz CT molecular complexity index is 879. The molecule has 0 bridgehead atoms. The lowest BCUT2D eigenvalue weighted by molar-refractivity contribution is 0.104. The number of methoxy groups -OCH3 is 3. The van der Waals surface area contributed by atoms with Gasteiger partial charge in [0.1, 0.15) is 5.75 Å². The second-order valence-corrected chi connectivity index (χ2v) is 6.35. The fourth-order valence-electron chi connectivity index (χ4n) is 2.60. The highest BCUT2D eigenvalue weighted by Crippen LogP contribution is 2.37. The number of anilines is 2. The molecule has 2 rings (SSSR count). The maximum atomic E-state index is 12.8. The molecule has 0 radical (unpaired) electrons. The van der Waals surface area contributed by atoms with Crippen molar-refractivity contribution in [1.82, 2.24) is 0 Å². The predicted octanol–water partition coefficient (Wildman–Crippen LogP) is 3.82. The normalized spacial score (nSPS) is 11.1. The molecule has 0 amide bonds. The number of carbonyl (C=O) groups is 1. The Morgan fingerprint density at radius 1 is 1.07 bits per heavy atom. The molecule has 0 fully saturated rings. The van der Waals surface area contributed by atoms with Crippen LogP contribution in [-0.2, 0) is 0 Å². The average molecular weight is 391 g/mol. The van der Waals surface area contributed by atoms with Crippen molar-refractivity contribution in [2.75, 3.05) is 46.1 Å². The van der Waals surface area contributed by atoms with Crippen LogP contribution in [-0.4, -0.2) is 41.2 Å². The molecule has 7 heteroatoms. The van der Waals surface area contributed by atoms with E-state index in [0.717, 1.165) is 5.69 Å². The molecule has 2 N–H and O–H groups in total. The highest BCUT2D eigenvalue weighted by Gasteiger charge is 2.16. The Balaban J connectivity index is 2.48. The molecule has 144 valence electrons. The summed E-state index contributed by atoms with van der Waals surface area (Å²) in [5.74, 6) is 1.15. The van der Waals surface area contributed by atoms with Crippen LogP contribution in [0.15, 0.2) is 35.4 Å². The second kappa shape index (κ2) is 8.68. The lowest BCUT2D eigenvalue weighted by Crippen LogP contribution is -2.12. The monoisotopic (exact) mass is 390 g/mol. The summed E-state index contributed by atoms with van der Waals surface area (Å²) in [5.41, 5.74) is 8.27. The first-order chi connectivity index (χ1) is 12.8. The van der Waals surface area contributed by atoms with Crippen LogP contribution < -0.4 is 24.8 Å². The molecule has 0 spiro atoms. The molecule has 0 aliphatic carbocycles. The number of nitrogens with two attached hydrogens (primary N) is 1. The summed E-state index contributed by atoms with van der Waals surface area (Å²) in [6.45, 7) is 0. The fourth-order valence-corrected chi connectivity index (χ4v) is 2.83. The molecule has 0 unspecified atom stereocenters. The molecule has 0 atom stereocenters. The van der Waals surface area contributed by atoms with Crippen LogP contribution in [0.1, 0.15) is 15.9 Å². The van der Waals surface area contributed by atoms with Crippen molar-refractivity contribution in [3.8, 4) is 17.2 Å². The zero-order chi connectivity index (χ0) is 20.1. The number of nitrogen functional groups attached to an aromatic ring is 1. The zero-order valence-electron chi connectivity index (χ0n) is 16.0. The number of hydrogen-bond acceptors (Lipinski definition) is 6. The van der Waals surface area contributed by atoms with Gasteiger partial charge in [0.05, 0.1) is 37.7 Å². The average Bonchev–Trinajstić information content (AvgIpc) is 2.66. The highest BCUT2D eigenvalue weighted by atomic mass is 35.5. The van der Waals surface area contributed by atoms with E-state index in [9.17, 15) is 4.79 Å². The van der Waals surface area contributed by atoms with Crippen molar-refractivity contribution in [3.05, 3.63) is 46.5 Å². The van der Waals surface area contributed by atoms with Gasteiger partial charge in [0, 0.05) is 31.3 Å². The molecule has 0 heterocycles. The molecule has 0 aromatic heterocycles. The fraction of sp³-hybridized carbons (Fsp3) is 0.250. The summed E-state index contributed by atoms with van der Waals surface area (Å²) in [7, 11) is 8.28. The number of ether oxygens (including phenoxy) is 3. The molecule has 2 aromatic carbocycles. The van der Waals surface area contributed by atoms with E-state index in [2.05, 4.69) is 0 Å². The van der Waals surface area contributed by atoms with E-state index >= 15 is 0 Å². The topological polar surface area (TPSA) is 74.0 Å². The predicted molar refractivity (Wildman–Crippen MR) is 109 cm³/mol. The number of benzene rings is 2. The van der Waals surface area contributed by atoms with Gasteiger partial charge in [-0.25, -0.2) is 0 Å². The van der Waals surface area contributed by atoms with Crippen LogP contribution in [0.2, 0.25) is 0 Å². The van der Waals surface area contributed by atoms with Crippen molar-refractivity contribution in [2.24, 2.45) is 0 Å². The lowest BCUT2D eigenvalue weighted by atomic mass is 10.1. The van der Waals surface area contributed by atoms with E-state index in [0.29, 0.717) is 34.1 Å². The third kappa shape index (κ3) is 4.46. The first-order valence-corrected chi connectivity index (χ1v) is 8.48. The van der Waals surface area contributed by atoms with Crippen LogP contribution in [0.5, 0.6) is 17.2 Å². The van der Waals surface area contributed by atoms with Crippen LogP contribution in [0, 0.1) is 0 Å². The highest BCUT2D eigenvalue weighted by molar-refractivity contribution is 6.47. The lowest BCUT2D eigenvalue weighted by Gasteiger charge is -2.16. The summed E-state index contributed by atoms with van der Waals surface area (Å²) in [4.78, 5) is 14.6. The molecule has 0 aliphatic heterocycles. The van der Waals surface area contributed by atoms with E-state index in [1.54, 1.807) is 37.4 Å². The summed E-state index contributed by atoms with van der Waals surface area (Å²) in [6, 6.07) is 8.43. The zero-order valence-corrected chi connectivity index (χ0v) is 16.8. The van der Waals surface area contributed by atoms with Gasteiger partial charge in [0.15, 0.2) is 11.5 Å². The number of ketones is 1. The smallest absolute Gasteiger partial charge is 0.204 e. The Kier molecular flexibility index (Phi) is 6.58. The summed E-state index contributed by atoms with van der Waals surface area (Å²) in [6.07, 6.45) is 1.53. The molecule has 6 nitrogen and oxygen atoms in total. The third-order valence-corrected chi connectivity index (χ3v) is 4.27. The molecular formula is C20H23ClN2O4. The largest absolute Gasteiger partial charge is 0.497 e. The van der Waals surface area contributed by atoms with E-state index in [-0.39, 0.29) is 10.8 Å². The summed E-state index contributed by atoms with van der Waals surface area (Å²) >= 11 is 6.32. The van der Waals surface area contributed by atoms with Crippen LogP contribution in [0.3, 0.4) is 0 Å². The van der Waals surface area contributed by atoms with E-state index in [4.69, 9.17) is 31.5 Å². The molecule has 27 heavy (non-hydrogen) atoms. The van der Waals surface area contributed by atoms with E-state index < -0.39 is 0 Å². The summed E-state index contributed by atoms with van der Waals surface area (Å²) < 4.78 is 16.0. The van der Waals surface area contributed by atoms with E-state index in [1.165, 1.54) is 20.3 Å². The Morgan fingerprint density at radius 3 is 2.33 bits per heavy atom. The van der Waals surface area contributed by atoms with Gasteiger partial charge in [-0.2, -0.15) is 0 Å². The second-order valence-electron chi connectivity index (χ2n) is 5.94. The first-order valence-electron chi connectivity index (χ1n) is 8.11. The van der Waals surface area contributed by atoms with Gasteiger partial charge in [-0.3, -0.25) is 4.79 Å². The van der Waals surface area contributed by atoms with Gasteiger partial charge in [-0.15, -0.1) is 0 Å². The number of carbonyl (C=O) groups excluding carboxylic acids is 1. The van der Waals surface area contributed by atoms with Gasteiger partial charge in [-0.1, -0.05) is 11.6 Å². The van der Waals surface area contributed by atoms with Crippen molar-refractivity contribution in [3.63, 3.8) is 0 Å². The first kappa shape index (κ1) is 20.5. The molecular weight excluding hydrogens is 368 g/mol. The minimum Gasteiger partial charge on any atom is -0.497 e. The number of allylic oxidation sites excluding steroid dienone is 1.